The van der Waals surface area contributed by atoms with Crippen LogP contribution in [-0.2, 0) is 4.79 Å². The molecule has 2 saturated carbocycles. The van der Waals surface area contributed by atoms with E-state index >= 15 is 0 Å². The first-order chi connectivity index (χ1) is 7.81. The SMILES string of the molecule is O=C(NC1CCCC1)C1CCCCC1CO. The van der Waals surface area contributed by atoms with Gasteiger partial charge in [0.1, 0.15) is 0 Å². The number of aliphatic hydroxyl groups is 1. The molecule has 0 radical (unpaired) electrons. The van der Waals surface area contributed by atoms with Gasteiger partial charge in [0, 0.05) is 18.6 Å². The lowest BCUT2D eigenvalue weighted by molar-refractivity contribution is -0.129. The minimum absolute atomic E-state index is 0.0688. The van der Waals surface area contributed by atoms with E-state index in [9.17, 15) is 9.90 Å². The van der Waals surface area contributed by atoms with E-state index in [1.54, 1.807) is 0 Å². The minimum Gasteiger partial charge on any atom is -0.396 e. The first-order valence-corrected chi connectivity index (χ1v) is 6.72. The van der Waals surface area contributed by atoms with Crippen molar-refractivity contribution in [2.24, 2.45) is 11.8 Å². The number of hydrogen-bond acceptors (Lipinski definition) is 2. The smallest absolute Gasteiger partial charge is 0.223 e. The van der Waals surface area contributed by atoms with Crippen molar-refractivity contribution in [3.8, 4) is 0 Å². The zero-order valence-electron chi connectivity index (χ0n) is 9.95. The zero-order chi connectivity index (χ0) is 11.4. The summed E-state index contributed by atoms with van der Waals surface area (Å²) in [6.07, 6.45) is 9.06. The van der Waals surface area contributed by atoms with Gasteiger partial charge in [-0.1, -0.05) is 25.7 Å². The third-order valence-electron chi connectivity index (χ3n) is 4.18. The predicted molar refractivity (Wildman–Crippen MR) is 62.9 cm³/mol. The fourth-order valence-corrected chi connectivity index (χ4v) is 3.15. The van der Waals surface area contributed by atoms with Crippen LogP contribution in [0.2, 0.25) is 0 Å². The van der Waals surface area contributed by atoms with Gasteiger partial charge in [-0.3, -0.25) is 4.79 Å². The van der Waals surface area contributed by atoms with Gasteiger partial charge in [0.2, 0.25) is 5.91 Å². The number of carbonyl (C=O) groups excluding carboxylic acids is 1. The highest BCUT2D eigenvalue weighted by Gasteiger charge is 2.31. The van der Waals surface area contributed by atoms with Crippen LogP contribution >= 0.6 is 0 Å². The van der Waals surface area contributed by atoms with Crippen molar-refractivity contribution < 1.29 is 9.90 Å². The first kappa shape index (κ1) is 11.9. The fraction of sp³-hybridized carbons (Fsp3) is 0.923. The van der Waals surface area contributed by atoms with Gasteiger partial charge in [0.15, 0.2) is 0 Å². The van der Waals surface area contributed by atoms with Crippen LogP contribution in [0.25, 0.3) is 0 Å². The van der Waals surface area contributed by atoms with E-state index in [0.717, 1.165) is 32.1 Å². The molecule has 2 unspecified atom stereocenters. The van der Waals surface area contributed by atoms with E-state index < -0.39 is 0 Å². The molecular weight excluding hydrogens is 202 g/mol. The molecule has 0 aromatic heterocycles. The van der Waals surface area contributed by atoms with E-state index in [-0.39, 0.29) is 24.3 Å². The van der Waals surface area contributed by atoms with Crippen molar-refractivity contribution in [3.05, 3.63) is 0 Å². The highest BCUT2D eigenvalue weighted by molar-refractivity contribution is 5.79. The molecule has 0 saturated heterocycles. The Balaban J connectivity index is 1.86. The van der Waals surface area contributed by atoms with E-state index in [2.05, 4.69) is 5.32 Å². The molecule has 0 spiro atoms. The van der Waals surface area contributed by atoms with Crippen molar-refractivity contribution in [2.45, 2.75) is 57.4 Å². The van der Waals surface area contributed by atoms with Crippen molar-refractivity contribution in [2.75, 3.05) is 6.61 Å². The molecule has 16 heavy (non-hydrogen) atoms. The summed E-state index contributed by atoms with van der Waals surface area (Å²) >= 11 is 0. The largest absolute Gasteiger partial charge is 0.396 e. The summed E-state index contributed by atoms with van der Waals surface area (Å²) in [6, 6.07) is 0.411. The summed E-state index contributed by atoms with van der Waals surface area (Å²) in [5.74, 6) is 0.472. The molecule has 3 heteroatoms. The molecule has 0 aromatic rings. The maximum absolute atomic E-state index is 12.1. The summed E-state index contributed by atoms with van der Waals surface area (Å²) in [6.45, 7) is 0.169. The lowest BCUT2D eigenvalue weighted by Gasteiger charge is -2.30. The monoisotopic (exact) mass is 225 g/mol. The second kappa shape index (κ2) is 5.67. The second-order valence-electron chi connectivity index (χ2n) is 5.32. The van der Waals surface area contributed by atoms with Crippen LogP contribution < -0.4 is 5.32 Å². The quantitative estimate of drug-likeness (QED) is 0.770. The van der Waals surface area contributed by atoms with Crippen LogP contribution in [0.1, 0.15) is 51.4 Å². The number of aliphatic hydroxyl groups excluding tert-OH is 1. The Morgan fingerprint density at radius 3 is 2.38 bits per heavy atom. The summed E-state index contributed by atoms with van der Waals surface area (Å²) < 4.78 is 0. The molecule has 0 heterocycles. The van der Waals surface area contributed by atoms with Gasteiger partial charge < -0.3 is 10.4 Å². The zero-order valence-corrected chi connectivity index (χ0v) is 9.95. The molecule has 2 aliphatic carbocycles. The standard InChI is InChI=1S/C13H23NO2/c15-9-10-5-1-4-8-12(10)13(16)14-11-6-2-3-7-11/h10-12,15H,1-9H2,(H,14,16). The number of nitrogens with one attached hydrogen (secondary N) is 1. The van der Waals surface area contributed by atoms with E-state index in [0.29, 0.717) is 6.04 Å². The van der Waals surface area contributed by atoms with Crippen molar-refractivity contribution in [1.82, 2.24) is 5.32 Å². The summed E-state index contributed by atoms with van der Waals surface area (Å²) in [5, 5.41) is 12.5. The van der Waals surface area contributed by atoms with E-state index in [1.165, 1.54) is 19.3 Å². The van der Waals surface area contributed by atoms with Crippen molar-refractivity contribution in [3.63, 3.8) is 0 Å². The molecule has 2 rings (SSSR count). The normalized spacial score (nSPS) is 31.6. The Hall–Kier alpha value is -0.570. The topological polar surface area (TPSA) is 49.3 Å². The van der Waals surface area contributed by atoms with E-state index in [4.69, 9.17) is 0 Å². The third-order valence-corrected chi connectivity index (χ3v) is 4.18. The van der Waals surface area contributed by atoms with Gasteiger partial charge in [-0.25, -0.2) is 0 Å². The molecular formula is C13H23NO2. The molecule has 2 fully saturated rings. The second-order valence-corrected chi connectivity index (χ2v) is 5.32. The average molecular weight is 225 g/mol. The molecule has 0 aromatic carbocycles. The van der Waals surface area contributed by atoms with Gasteiger partial charge >= 0.3 is 0 Å². The summed E-state index contributed by atoms with van der Waals surface area (Å²) in [5.41, 5.74) is 0. The Labute approximate surface area is 97.6 Å². The lowest BCUT2D eigenvalue weighted by atomic mass is 9.79. The maximum Gasteiger partial charge on any atom is 0.223 e. The molecule has 92 valence electrons. The Morgan fingerprint density at radius 1 is 1.06 bits per heavy atom. The minimum atomic E-state index is 0.0688. The first-order valence-electron chi connectivity index (χ1n) is 6.72. The van der Waals surface area contributed by atoms with Gasteiger partial charge in [0.05, 0.1) is 0 Å². The number of rotatable bonds is 3. The van der Waals surface area contributed by atoms with Gasteiger partial charge in [-0.2, -0.15) is 0 Å². The van der Waals surface area contributed by atoms with E-state index in [1.807, 2.05) is 0 Å². The predicted octanol–water partition coefficient (Wildman–Crippen LogP) is 1.84. The highest BCUT2D eigenvalue weighted by Crippen LogP contribution is 2.30. The molecule has 0 bridgehead atoms. The molecule has 2 aliphatic rings. The van der Waals surface area contributed by atoms with Crippen molar-refractivity contribution in [1.29, 1.82) is 0 Å². The van der Waals surface area contributed by atoms with Gasteiger partial charge in [0.25, 0.3) is 0 Å². The van der Waals surface area contributed by atoms with Crippen LogP contribution in [0.5, 0.6) is 0 Å². The number of amides is 1. The number of carbonyl (C=O) groups is 1. The van der Waals surface area contributed by atoms with Gasteiger partial charge in [-0.05, 0) is 31.6 Å². The van der Waals surface area contributed by atoms with Crippen LogP contribution in [0.15, 0.2) is 0 Å². The van der Waals surface area contributed by atoms with Crippen LogP contribution in [0, 0.1) is 11.8 Å². The molecule has 1 amide bonds. The Morgan fingerprint density at radius 2 is 1.69 bits per heavy atom. The number of hydrogen-bond donors (Lipinski definition) is 2. The van der Waals surface area contributed by atoms with Gasteiger partial charge in [-0.15, -0.1) is 0 Å². The van der Waals surface area contributed by atoms with Crippen LogP contribution in [-0.4, -0.2) is 23.7 Å². The molecule has 3 nitrogen and oxygen atoms in total. The lowest BCUT2D eigenvalue weighted by Crippen LogP contribution is -2.42. The summed E-state index contributed by atoms with van der Waals surface area (Å²) in [7, 11) is 0. The maximum atomic E-state index is 12.1. The van der Waals surface area contributed by atoms with Crippen LogP contribution in [0.4, 0.5) is 0 Å². The van der Waals surface area contributed by atoms with Crippen LogP contribution in [0.3, 0.4) is 0 Å². The highest BCUT2D eigenvalue weighted by atomic mass is 16.3. The molecule has 2 atom stereocenters. The average Bonchev–Trinajstić information content (AvgIpc) is 2.81. The molecule has 0 aliphatic heterocycles. The van der Waals surface area contributed by atoms with Crippen molar-refractivity contribution >= 4 is 5.91 Å². The Bertz CT molecular complexity index is 236. The fourth-order valence-electron chi connectivity index (χ4n) is 3.15. The summed E-state index contributed by atoms with van der Waals surface area (Å²) in [4.78, 5) is 12.1. The Kier molecular flexibility index (Phi) is 4.22. The molecule has 2 N–H and O–H groups in total. The third kappa shape index (κ3) is 2.76.